The van der Waals surface area contributed by atoms with Crippen LogP contribution in [0.2, 0.25) is 0 Å². The van der Waals surface area contributed by atoms with Crippen molar-refractivity contribution in [3.8, 4) is 0 Å². The predicted molar refractivity (Wildman–Crippen MR) is 61.6 cm³/mol. The Morgan fingerprint density at radius 3 is 2.53 bits per heavy atom. The normalized spacial score (nSPS) is 29.3. The summed E-state index contributed by atoms with van der Waals surface area (Å²) in [6, 6.07) is 4.34. The molecule has 1 fully saturated rings. The summed E-state index contributed by atoms with van der Waals surface area (Å²) in [4.78, 5) is 0. The van der Waals surface area contributed by atoms with Gasteiger partial charge in [-0.3, -0.25) is 0 Å². The van der Waals surface area contributed by atoms with Crippen molar-refractivity contribution in [2.75, 3.05) is 7.05 Å². The zero-order valence-electron chi connectivity index (χ0n) is 9.84. The van der Waals surface area contributed by atoms with Crippen molar-refractivity contribution in [1.29, 1.82) is 0 Å². The number of nitrogens with one attached hydrogen (secondary N) is 1. The summed E-state index contributed by atoms with van der Waals surface area (Å²) in [6.07, 6.45) is 2.45. The Labute approximate surface area is 99.7 Å². The molecule has 0 radical (unpaired) electrons. The molecule has 2 N–H and O–H groups in total. The Morgan fingerprint density at radius 1 is 1.29 bits per heavy atom. The molecule has 4 heteroatoms. The third kappa shape index (κ3) is 2.33. The molecule has 94 valence electrons. The van der Waals surface area contributed by atoms with Gasteiger partial charge < -0.3 is 10.4 Å². The molecule has 17 heavy (non-hydrogen) atoms. The molecule has 1 aromatic carbocycles. The van der Waals surface area contributed by atoms with Gasteiger partial charge in [-0.1, -0.05) is 12.1 Å². The maximum absolute atomic E-state index is 13.7. The lowest BCUT2D eigenvalue weighted by molar-refractivity contribution is -0.0111. The first-order valence-corrected chi connectivity index (χ1v) is 5.91. The molecule has 1 aliphatic carbocycles. The fourth-order valence-corrected chi connectivity index (χ4v) is 2.52. The minimum atomic E-state index is -1.22. The van der Waals surface area contributed by atoms with E-state index in [0.29, 0.717) is 18.9 Å². The van der Waals surface area contributed by atoms with Gasteiger partial charge in [0.1, 0.15) is 0 Å². The van der Waals surface area contributed by atoms with Crippen molar-refractivity contribution < 1.29 is 13.9 Å². The first kappa shape index (κ1) is 12.5. The Kier molecular flexibility index (Phi) is 3.45. The van der Waals surface area contributed by atoms with Gasteiger partial charge in [0, 0.05) is 11.6 Å². The second-order valence-electron chi connectivity index (χ2n) is 4.70. The highest BCUT2D eigenvalue weighted by molar-refractivity contribution is 5.26. The molecular formula is C13H17F2NO. The lowest BCUT2D eigenvalue weighted by atomic mass is 9.77. The quantitative estimate of drug-likeness (QED) is 0.832. The topological polar surface area (TPSA) is 32.3 Å². The second kappa shape index (κ2) is 4.70. The Balaban J connectivity index is 2.24. The summed E-state index contributed by atoms with van der Waals surface area (Å²) < 4.78 is 26.8. The van der Waals surface area contributed by atoms with E-state index < -0.39 is 17.2 Å². The number of hydrogen-bond acceptors (Lipinski definition) is 2. The van der Waals surface area contributed by atoms with Crippen molar-refractivity contribution in [3.63, 3.8) is 0 Å². The van der Waals surface area contributed by atoms with Crippen LogP contribution in [0.5, 0.6) is 0 Å². The summed E-state index contributed by atoms with van der Waals surface area (Å²) in [5.74, 6) is -1.82. The molecule has 0 unspecified atom stereocenters. The third-order valence-electron chi connectivity index (χ3n) is 3.67. The van der Waals surface area contributed by atoms with Crippen LogP contribution < -0.4 is 5.32 Å². The van der Waals surface area contributed by atoms with Crippen LogP contribution in [0.1, 0.15) is 31.2 Å². The average Bonchev–Trinajstić information content (AvgIpc) is 2.33. The molecule has 0 bridgehead atoms. The van der Waals surface area contributed by atoms with E-state index in [4.69, 9.17) is 0 Å². The van der Waals surface area contributed by atoms with Crippen LogP contribution in [0.15, 0.2) is 18.2 Å². The lowest BCUT2D eigenvalue weighted by Gasteiger charge is -2.36. The van der Waals surface area contributed by atoms with Gasteiger partial charge in [-0.2, -0.15) is 0 Å². The number of rotatable bonds is 2. The van der Waals surface area contributed by atoms with Crippen molar-refractivity contribution in [1.82, 2.24) is 5.32 Å². The molecule has 0 aliphatic heterocycles. The highest BCUT2D eigenvalue weighted by Gasteiger charge is 2.36. The molecule has 0 amide bonds. The van der Waals surface area contributed by atoms with E-state index in [9.17, 15) is 13.9 Å². The zero-order valence-corrected chi connectivity index (χ0v) is 9.84. The van der Waals surface area contributed by atoms with Crippen LogP contribution in [0.4, 0.5) is 8.78 Å². The fourth-order valence-electron chi connectivity index (χ4n) is 2.52. The van der Waals surface area contributed by atoms with Gasteiger partial charge in [0.15, 0.2) is 11.6 Å². The van der Waals surface area contributed by atoms with Crippen LogP contribution in [-0.2, 0) is 5.60 Å². The molecule has 0 saturated heterocycles. The second-order valence-corrected chi connectivity index (χ2v) is 4.70. The van der Waals surface area contributed by atoms with E-state index >= 15 is 0 Å². The molecule has 0 spiro atoms. The van der Waals surface area contributed by atoms with Gasteiger partial charge in [-0.25, -0.2) is 8.78 Å². The van der Waals surface area contributed by atoms with E-state index in [1.54, 1.807) is 0 Å². The van der Waals surface area contributed by atoms with E-state index in [2.05, 4.69) is 5.32 Å². The first-order valence-electron chi connectivity index (χ1n) is 5.91. The van der Waals surface area contributed by atoms with E-state index in [0.717, 1.165) is 18.9 Å². The summed E-state index contributed by atoms with van der Waals surface area (Å²) in [5, 5.41) is 13.6. The molecule has 2 nitrogen and oxygen atoms in total. The average molecular weight is 241 g/mol. The summed E-state index contributed by atoms with van der Waals surface area (Å²) in [7, 11) is 1.87. The first-order chi connectivity index (χ1) is 8.07. The highest BCUT2D eigenvalue weighted by atomic mass is 19.2. The van der Waals surface area contributed by atoms with Gasteiger partial charge in [-0.15, -0.1) is 0 Å². The lowest BCUT2D eigenvalue weighted by Crippen LogP contribution is -2.39. The SMILES string of the molecule is CNC1CCC(O)(c2cccc(F)c2F)CC1. The third-order valence-corrected chi connectivity index (χ3v) is 3.67. The van der Waals surface area contributed by atoms with Gasteiger partial charge in [0.25, 0.3) is 0 Å². The Hall–Kier alpha value is -1.00. The fraction of sp³-hybridized carbons (Fsp3) is 0.538. The van der Waals surface area contributed by atoms with Crippen LogP contribution in [-0.4, -0.2) is 18.2 Å². The molecule has 0 atom stereocenters. The molecule has 2 rings (SSSR count). The van der Waals surface area contributed by atoms with Crippen LogP contribution in [0, 0.1) is 11.6 Å². The minimum absolute atomic E-state index is 0.0899. The van der Waals surface area contributed by atoms with Crippen molar-refractivity contribution in [3.05, 3.63) is 35.4 Å². The predicted octanol–water partition coefficient (Wildman–Crippen LogP) is 2.31. The summed E-state index contributed by atoms with van der Waals surface area (Å²) in [6.45, 7) is 0. The monoisotopic (exact) mass is 241 g/mol. The standard InChI is InChI=1S/C13H17F2NO/c1-16-9-5-7-13(17,8-6-9)10-3-2-4-11(14)12(10)15/h2-4,9,16-17H,5-8H2,1H3. The molecule has 0 aromatic heterocycles. The van der Waals surface area contributed by atoms with Gasteiger partial charge in [-0.05, 0) is 38.8 Å². The minimum Gasteiger partial charge on any atom is -0.385 e. The van der Waals surface area contributed by atoms with Gasteiger partial charge in [0.05, 0.1) is 5.60 Å². The Bertz CT molecular complexity index is 400. The molecule has 1 aliphatic rings. The van der Waals surface area contributed by atoms with Crippen molar-refractivity contribution in [2.45, 2.75) is 37.3 Å². The van der Waals surface area contributed by atoms with Gasteiger partial charge >= 0.3 is 0 Å². The van der Waals surface area contributed by atoms with E-state index in [-0.39, 0.29) is 5.56 Å². The van der Waals surface area contributed by atoms with Crippen LogP contribution >= 0.6 is 0 Å². The maximum Gasteiger partial charge on any atom is 0.164 e. The largest absolute Gasteiger partial charge is 0.385 e. The summed E-state index contributed by atoms with van der Waals surface area (Å²) >= 11 is 0. The van der Waals surface area contributed by atoms with E-state index in [1.165, 1.54) is 12.1 Å². The van der Waals surface area contributed by atoms with Gasteiger partial charge in [0.2, 0.25) is 0 Å². The summed E-state index contributed by atoms with van der Waals surface area (Å²) in [5.41, 5.74) is -1.13. The number of aliphatic hydroxyl groups is 1. The molecule has 1 aromatic rings. The van der Waals surface area contributed by atoms with Crippen LogP contribution in [0.3, 0.4) is 0 Å². The van der Waals surface area contributed by atoms with Crippen molar-refractivity contribution >= 4 is 0 Å². The smallest absolute Gasteiger partial charge is 0.164 e. The molecular weight excluding hydrogens is 224 g/mol. The number of hydrogen-bond donors (Lipinski definition) is 2. The number of benzene rings is 1. The zero-order chi connectivity index (χ0) is 12.5. The number of halogens is 2. The molecule has 1 saturated carbocycles. The highest BCUT2D eigenvalue weighted by Crippen LogP contribution is 2.38. The molecule has 0 heterocycles. The van der Waals surface area contributed by atoms with E-state index in [1.807, 2.05) is 7.05 Å². The Morgan fingerprint density at radius 2 is 1.94 bits per heavy atom. The van der Waals surface area contributed by atoms with Crippen molar-refractivity contribution in [2.24, 2.45) is 0 Å². The van der Waals surface area contributed by atoms with Crippen LogP contribution in [0.25, 0.3) is 0 Å². The maximum atomic E-state index is 13.7.